The largest absolute Gasteiger partial charge is 0.491 e. The predicted octanol–water partition coefficient (Wildman–Crippen LogP) is 4.16. The zero-order chi connectivity index (χ0) is 14.7. The van der Waals surface area contributed by atoms with Crippen LogP contribution in [-0.2, 0) is 9.47 Å². The van der Waals surface area contributed by atoms with Gasteiger partial charge in [-0.3, -0.25) is 0 Å². The van der Waals surface area contributed by atoms with Crippen LogP contribution in [-0.4, -0.2) is 20.1 Å². The SMILES string of the molecule is COC1=NSc2ccccc2C(c2ccccc2)=C1OC. The molecule has 0 atom stereocenters. The summed E-state index contributed by atoms with van der Waals surface area (Å²) in [6.45, 7) is 0. The number of hydrogen-bond acceptors (Lipinski definition) is 4. The van der Waals surface area contributed by atoms with Gasteiger partial charge in [0, 0.05) is 28.0 Å². The molecule has 2 aromatic carbocycles. The molecule has 3 rings (SSSR count). The van der Waals surface area contributed by atoms with Gasteiger partial charge in [0.05, 0.1) is 14.2 Å². The molecule has 0 N–H and O–H groups in total. The summed E-state index contributed by atoms with van der Waals surface area (Å²) in [7, 11) is 3.25. The average molecular weight is 297 g/mol. The molecule has 0 radical (unpaired) electrons. The molecule has 0 saturated carbocycles. The number of rotatable bonds is 2. The summed E-state index contributed by atoms with van der Waals surface area (Å²) in [6.07, 6.45) is 0. The average Bonchev–Trinajstić information content (AvgIpc) is 2.71. The van der Waals surface area contributed by atoms with Crippen molar-refractivity contribution >= 4 is 23.4 Å². The molecule has 0 aliphatic carbocycles. The van der Waals surface area contributed by atoms with Gasteiger partial charge in [-0.1, -0.05) is 48.5 Å². The smallest absolute Gasteiger partial charge is 0.264 e. The van der Waals surface area contributed by atoms with Gasteiger partial charge in [-0.15, -0.1) is 0 Å². The van der Waals surface area contributed by atoms with Crippen LogP contribution in [0.3, 0.4) is 0 Å². The minimum absolute atomic E-state index is 0.498. The van der Waals surface area contributed by atoms with Crippen LogP contribution in [0, 0.1) is 0 Å². The second kappa shape index (κ2) is 6.06. The molecule has 106 valence electrons. The minimum Gasteiger partial charge on any atom is -0.491 e. The Kier molecular flexibility index (Phi) is 3.97. The van der Waals surface area contributed by atoms with E-state index >= 15 is 0 Å². The Morgan fingerprint density at radius 2 is 1.57 bits per heavy atom. The first-order valence-corrected chi connectivity index (χ1v) is 7.35. The summed E-state index contributed by atoms with van der Waals surface area (Å²) in [5.41, 5.74) is 3.18. The molecule has 21 heavy (non-hydrogen) atoms. The van der Waals surface area contributed by atoms with E-state index in [0.29, 0.717) is 11.7 Å². The summed E-state index contributed by atoms with van der Waals surface area (Å²) in [4.78, 5) is 1.08. The lowest BCUT2D eigenvalue weighted by molar-refractivity contribution is 0.288. The topological polar surface area (TPSA) is 30.8 Å². The van der Waals surface area contributed by atoms with Gasteiger partial charge < -0.3 is 9.47 Å². The van der Waals surface area contributed by atoms with Crippen molar-refractivity contribution in [2.24, 2.45) is 4.40 Å². The minimum atomic E-state index is 0.498. The molecule has 3 nitrogen and oxygen atoms in total. The highest BCUT2D eigenvalue weighted by molar-refractivity contribution is 7.98. The molecule has 0 amide bonds. The lowest BCUT2D eigenvalue weighted by Crippen LogP contribution is -2.09. The third kappa shape index (κ3) is 2.54. The van der Waals surface area contributed by atoms with Crippen LogP contribution in [0.5, 0.6) is 0 Å². The molecular weight excluding hydrogens is 282 g/mol. The lowest BCUT2D eigenvalue weighted by atomic mass is 9.96. The maximum atomic E-state index is 5.61. The Labute approximate surface area is 128 Å². The summed E-state index contributed by atoms with van der Waals surface area (Å²) in [5, 5.41) is 0. The van der Waals surface area contributed by atoms with Crippen LogP contribution in [0.25, 0.3) is 5.57 Å². The summed E-state index contributed by atoms with van der Waals surface area (Å²) >= 11 is 1.40. The van der Waals surface area contributed by atoms with E-state index in [9.17, 15) is 0 Å². The zero-order valence-electron chi connectivity index (χ0n) is 11.9. The fraction of sp³-hybridized carbons (Fsp3) is 0.118. The van der Waals surface area contributed by atoms with E-state index in [4.69, 9.17) is 9.47 Å². The molecule has 0 aromatic heterocycles. The van der Waals surface area contributed by atoms with Gasteiger partial charge in [0.1, 0.15) is 0 Å². The molecule has 0 saturated heterocycles. The summed E-state index contributed by atoms with van der Waals surface area (Å²) < 4.78 is 15.5. The molecule has 1 aliphatic heterocycles. The van der Waals surface area contributed by atoms with Crippen LogP contribution in [0.2, 0.25) is 0 Å². The molecule has 0 spiro atoms. The highest BCUT2D eigenvalue weighted by atomic mass is 32.2. The van der Waals surface area contributed by atoms with Gasteiger partial charge in [0.15, 0.2) is 5.76 Å². The molecule has 0 unspecified atom stereocenters. The zero-order valence-corrected chi connectivity index (χ0v) is 12.7. The second-order valence-electron chi connectivity index (χ2n) is 4.46. The number of nitrogens with zero attached hydrogens (tertiary/aromatic N) is 1. The van der Waals surface area contributed by atoms with Crippen molar-refractivity contribution in [2.75, 3.05) is 14.2 Å². The van der Waals surface area contributed by atoms with Crippen molar-refractivity contribution in [1.82, 2.24) is 0 Å². The van der Waals surface area contributed by atoms with Crippen LogP contribution in [0.15, 0.2) is 69.6 Å². The van der Waals surface area contributed by atoms with Crippen LogP contribution < -0.4 is 0 Å². The van der Waals surface area contributed by atoms with E-state index in [1.807, 2.05) is 30.3 Å². The van der Waals surface area contributed by atoms with Crippen LogP contribution in [0.4, 0.5) is 0 Å². The van der Waals surface area contributed by atoms with E-state index in [2.05, 4.69) is 28.7 Å². The molecule has 0 bridgehead atoms. The van der Waals surface area contributed by atoms with Crippen molar-refractivity contribution < 1.29 is 9.47 Å². The van der Waals surface area contributed by atoms with Gasteiger partial charge >= 0.3 is 0 Å². The van der Waals surface area contributed by atoms with Crippen LogP contribution >= 0.6 is 11.9 Å². The standard InChI is InChI=1S/C17H15NO2S/c1-19-16-15(12-8-4-3-5-9-12)13-10-6-7-11-14(13)21-18-17(16)20-2/h3-11H,1-2H3. The van der Waals surface area contributed by atoms with Crippen molar-refractivity contribution in [3.63, 3.8) is 0 Å². The number of hydrogen-bond donors (Lipinski definition) is 0. The second-order valence-corrected chi connectivity index (χ2v) is 5.27. The molecule has 0 fully saturated rings. The third-order valence-corrected chi connectivity index (χ3v) is 4.07. The van der Waals surface area contributed by atoms with Crippen molar-refractivity contribution in [3.8, 4) is 0 Å². The van der Waals surface area contributed by atoms with E-state index in [0.717, 1.165) is 21.6 Å². The van der Waals surface area contributed by atoms with Crippen molar-refractivity contribution in [2.45, 2.75) is 4.90 Å². The van der Waals surface area contributed by atoms with Gasteiger partial charge in [-0.25, -0.2) is 0 Å². The molecule has 2 aromatic rings. The van der Waals surface area contributed by atoms with E-state index in [-0.39, 0.29) is 0 Å². The molecule has 1 aliphatic rings. The third-order valence-electron chi connectivity index (χ3n) is 3.26. The Morgan fingerprint density at radius 1 is 0.857 bits per heavy atom. The summed E-state index contributed by atoms with van der Waals surface area (Å²) in [6, 6.07) is 18.3. The maximum absolute atomic E-state index is 5.61. The van der Waals surface area contributed by atoms with Crippen molar-refractivity contribution in [3.05, 3.63) is 71.5 Å². The van der Waals surface area contributed by atoms with Gasteiger partial charge in [0.25, 0.3) is 5.90 Å². The van der Waals surface area contributed by atoms with Gasteiger partial charge in [-0.05, 0) is 11.6 Å². The van der Waals surface area contributed by atoms with Gasteiger partial charge in [-0.2, -0.15) is 4.40 Å². The fourth-order valence-electron chi connectivity index (χ4n) is 2.32. The number of ether oxygens (including phenoxy) is 2. The summed E-state index contributed by atoms with van der Waals surface area (Å²) in [5.74, 6) is 1.15. The van der Waals surface area contributed by atoms with E-state index < -0.39 is 0 Å². The normalized spacial score (nSPS) is 14.1. The van der Waals surface area contributed by atoms with E-state index in [1.54, 1.807) is 14.2 Å². The first-order chi connectivity index (χ1) is 10.3. The Bertz CT molecular complexity index is 708. The Balaban J connectivity index is 2.31. The Hall–Kier alpha value is -2.20. The maximum Gasteiger partial charge on any atom is 0.264 e. The van der Waals surface area contributed by atoms with Crippen LogP contribution in [0.1, 0.15) is 11.1 Å². The predicted molar refractivity (Wildman–Crippen MR) is 86.2 cm³/mol. The highest BCUT2D eigenvalue weighted by Crippen LogP contribution is 2.38. The monoisotopic (exact) mass is 297 g/mol. The highest BCUT2D eigenvalue weighted by Gasteiger charge is 2.23. The molecular formula is C17H15NO2S. The first kappa shape index (κ1) is 13.8. The Morgan fingerprint density at radius 3 is 2.29 bits per heavy atom. The quantitative estimate of drug-likeness (QED) is 0.780. The number of benzene rings is 2. The van der Waals surface area contributed by atoms with Gasteiger partial charge in [0.2, 0.25) is 0 Å². The van der Waals surface area contributed by atoms with E-state index in [1.165, 1.54) is 11.9 Å². The lowest BCUT2D eigenvalue weighted by Gasteiger charge is -2.14. The first-order valence-electron chi connectivity index (χ1n) is 6.57. The number of fused-ring (bicyclic) bond motifs is 1. The fourth-order valence-corrected chi connectivity index (χ4v) is 3.07. The van der Waals surface area contributed by atoms with Crippen molar-refractivity contribution in [1.29, 1.82) is 0 Å². The molecule has 1 heterocycles. The molecule has 4 heteroatoms. The number of methoxy groups -OCH3 is 2.